The number of ether oxygens (including phenoxy) is 2. The van der Waals surface area contributed by atoms with E-state index in [-0.39, 0.29) is 42.2 Å². The van der Waals surface area contributed by atoms with Gasteiger partial charge in [0, 0.05) is 49.1 Å². The van der Waals surface area contributed by atoms with Crippen molar-refractivity contribution < 1.29 is 32.6 Å². The van der Waals surface area contributed by atoms with Gasteiger partial charge in [-0.2, -0.15) is 4.31 Å². The van der Waals surface area contributed by atoms with Gasteiger partial charge in [-0.05, 0) is 87.7 Å². The zero-order valence-corrected chi connectivity index (χ0v) is 29.3. The van der Waals surface area contributed by atoms with Gasteiger partial charge >= 0.3 is 6.03 Å². The summed E-state index contributed by atoms with van der Waals surface area (Å²) in [5, 5.41) is 16.2. The molecule has 48 heavy (non-hydrogen) atoms. The normalized spacial score (nSPS) is 20.3. The van der Waals surface area contributed by atoms with Gasteiger partial charge in [0.15, 0.2) is 0 Å². The van der Waals surface area contributed by atoms with Gasteiger partial charge in [-0.1, -0.05) is 36.7 Å². The van der Waals surface area contributed by atoms with Crippen molar-refractivity contribution in [2.45, 2.75) is 63.2 Å². The molecule has 4 rings (SSSR count). The van der Waals surface area contributed by atoms with Crippen LogP contribution in [0.4, 0.5) is 16.2 Å². The van der Waals surface area contributed by atoms with E-state index in [1.165, 1.54) is 35.6 Å². The average molecular weight is 701 g/mol. The van der Waals surface area contributed by atoms with E-state index in [0.717, 1.165) is 12.8 Å². The van der Waals surface area contributed by atoms with Crippen LogP contribution in [0.2, 0.25) is 5.02 Å². The van der Waals surface area contributed by atoms with Crippen LogP contribution in [0.25, 0.3) is 0 Å². The summed E-state index contributed by atoms with van der Waals surface area (Å²) < 4.78 is 40.7. The van der Waals surface area contributed by atoms with Crippen molar-refractivity contribution in [3.05, 3.63) is 83.4 Å². The van der Waals surface area contributed by atoms with Crippen molar-refractivity contribution in [1.82, 2.24) is 9.21 Å². The fourth-order valence-corrected chi connectivity index (χ4v) is 6.72. The van der Waals surface area contributed by atoms with Gasteiger partial charge in [0.05, 0.1) is 35.3 Å². The molecule has 0 spiro atoms. The van der Waals surface area contributed by atoms with Crippen LogP contribution in [0, 0.1) is 5.92 Å². The number of sulfonamides is 1. The Morgan fingerprint density at radius 3 is 2.42 bits per heavy atom. The molecule has 3 amide bonds. The van der Waals surface area contributed by atoms with Crippen LogP contribution in [0.3, 0.4) is 0 Å². The van der Waals surface area contributed by atoms with Gasteiger partial charge in [0.2, 0.25) is 10.0 Å². The third-order valence-electron chi connectivity index (χ3n) is 8.30. The average Bonchev–Trinajstić information content (AvgIpc) is 3.06. The van der Waals surface area contributed by atoms with Gasteiger partial charge in [0.1, 0.15) is 5.75 Å². The SMILES string of the molecule is C[C@@H]1CCCCO[C@H](CN(C)S(=O)(=O)c2ccc(Cl)cc2)[C@@H](C)CN([C@@H](C)CO)C(=O)c2cc(NC(=O)Nc3ccccc3)ccc2O1. The fourth-order valence-electron chi connectivity index (χ4n) is 5.42. The molecule has 3 N–H and O–H groups in total. The number of nitrogens with one attached hydrogen (secondary N) is 2. The van der Waals surface area contributed by atoms with E-state index in [4.69, 9.17) is 21.1 Å². The second kappa shape index (κ2) is 17.1. The number of benzene rings is 3. The van der Waals surface area contributed by atoms with Crippen LogP contribution >= 0.6 is 11.6 Å². The third kappa shape index (κ3) is 9.93. The number of likely N-dealkylation sites (N-methyl/N-ethyl adjacent to an activating group) is 1. The first kappa shape index (κ1) is 37.1. The fraction of sp³-hybridized carbons (Fsp3) is 0.429. The van der Waals surface area contributed by atoms with Gasteiger partial charge in [0.25, 0.3) is 5.91 Å². The number of hydrogen-bond donors (Lipinski definition) is 3. The number of para-hydroxylation sites is 1. The highest BCUT2D eigenvalue weighted by atomic mass is 35.5. The zero-order valence-electron chi connectivity index (χ0n) is 27.8. The largest absolute Gasteiger partial charge is 0.490 e. The number of aliphatic hydroxyl groups is 1. The second-order valence-electron chi connectivity index (χ2n) is 12.2. The molecule has 0 aliphatic carbocycles. The Hall–Kier alpha value is -3.68. The summed E-state index contributed by atoms with van der Waals surface area (Å²) in [5.74, 6) is -0.381. The maximum absolute atomic E-state index is 14.3. The highest BCUT2D eigenvalue weighted by Crippen LogP contribution is 2.29. The summed E-state index contributed by atoms with van der Waals surface area (Å²) in [5.41, 5.74) is 1.22. The highest BCUT2D eigenvalue weighted by molar-refractivity contribution is 7.89. The third-order valence-corrected chi connectivity index (χ3v) is 10.4. The summed E-state index contributed by atoms with van der Waals surface area (Å²) >= 11 is 5.98. The Kier molecular flexibility index (Phi) is 13.2. The number of fused-ring (bicyclic) bond motifs is 1. The summed E-state index contributed by atoms with van der Waals surface area (Å²) in [6.07, 6.45) is 1.42. The topological polar surface area (TPSA) is 138 Å². The lowest BCUT2D eigenvalue weighted by atomic mass is 10.0. The monoisotopic (exact) mass is 700 g/mol. The molecule has 0 saturated heterocycles. The number of amides is 3. The molecule has 260 valence electrons. The van der Waals surface area contributed by atoms with Crippen molar-refractivity contribution in [3.63, 3.8) is 0 Å². The maximum Gasteiger partial charge on any atom is 0.323 e. The zero-order chi connectivity index (χ0) is 34.8. The molecule has 0 aromatic heterocycles. The summed E-state index contributed by atoms with van der Waals surface area (Å²) in [6.45, 7) is 5.85. The summed E-state index contributed by atoms with van der Waals surface area (Å²) in [6, 6.07) is 18.8. The Balaban J connectivity index is 1.62. The number of carbonyl (C=O) groups is 2. The number of halogens is 1. The molecule has 1 aliphatic heterocycles. The van der Waals surface area contributed by atoms with Crippen LogP contribution in [0.15, 0.2) is 77.7 Å². The Labute approximate surface area is 288 Å². The van der Waals surface area contributed by atoms with Gasteiger partial charge < -0.3 is 30.1 Å². The Bertz CT molecular complexity index is 1630. The quantitative estimate of drug-likeness (QED) is 0.258. The van der Waals surface area contributed by atoms with Gasteiger partial charge in [-0.3, -0.25) is 4.79 Å². The van der Waals surface area contributed by atoms with E-state index in [1.807, 2.05) is 32.0 Å². The van der Waals surface area contributed by atoms with E-state index in [0.29, 0.717) is 35.2 Å². The van der Waals surface area contributed by atoms with Crippen LogP contribution in [0.1, 0.15) is 50.4 Å². The summed E-state index contributed by atoms with van der Waals surface area (Å²) in [7, 11) is -2.35. The molecule has 1 aliphatic rings. The number of aliphatic hydroxyl groups excluding tert-OH is 1. The lowest BCUT2D eigenvalue weighted by Gasteiger charge is -2.35. The molecule has 1 heterocycles. The molecular weight excluding hydrogens is 656 g/mol. The standard InChI is InChI=1S/C35H45ClN4O7S/c1-24-21-40(25(2)23-41)34(42)31-20-29(38-35(43)37-28-11-6-5-7-12-28)15-18-32(31)47-26(3)10-8-9-19-46-33(24)22-39(4)48(44,45)30-16-13-27(36)14-17-30/h5-7,11-18,20,24-26,33,41H,8-10,19,21-23H2,1-4H3,(H2,37,38,43)/t24-,25-,26+,33+/m0/s1. The number of carbonyl (C=O) groups excluding carboxylic acids is 2. The lowest BCUT2D eigenvalue weighted by Crippen LogP contribution is -2.48. The molecule has 0 saturated carbocycles. The van der Waals surface area contributed by atoms with Crippen molar-refractivity contribution in [1.29, 1.82) is 0 Å². The van der Waals surface area contributed by atoms with Crippen molar-refractivity contribution >= 4 is 44.9 Å². The molecule has 11 nitrogen and oxygen atoms in total. The van der Waals surface area contributed by atoms with E-state index in [1.54, 1.807) is 42.2 Å². The first-order valence-corrected chi connectivity index (χ1v) is 17.9. The molecule has 0 bridgehead atoms. The minimum absolute atomic E-state index is 0.0440. The number of hydrogen-bond acceptors (Lipinski definition) is 7. The number of anilines is 2. The minimum Gasteiger partial charge on any atom is -0.490 e. The Morgan fingerprint density at radius 1 is 1.04 bits per heavy atom. The van der Waals surface area contributed by atoms with Crippen LogP contribution in [-0.4, -0.2) is 86.3 Å². The van der Waals surface area contributed by atoms with E-state index < -0.39 is 34.1 Å². The maximum atomic E-state index is 14.3. The van der Waals surface area contributed by atoms with Crippen LogP contribution < -0.4 is 15.4 Å². The van der Waals surface area contributed by atoms with Crippen molar-refractivity contribution in [2.24, 2.45) is 5.92 Å². The summed E-state index contributed by atoms with van der Waals surface area (Å²) in [4.78, 5) is 28.8. The van der Waals surface area contributed by atoms with Crippen molar-refractivity contribution in [3.8, 4) is 5.75 Å². The van der Waals surface area contributed by atoms with Gasteiger partial charge in [-0.25, -0.2) is 13.2 Å². The molecule has 4 atom stereocenters. The van der Waals surface area contributed by atoms with E-state index in [9.17, 15) is 23.1 Å². The van der Waals surface area contributed by atoms with Crippen molar-refractivity contribution in [2.75, 3.05) is 44.0 Å². The molecule has 3 aromatic rings. The highest BCUT2D eigenvalue weighted by Gasteiger charge is 2.32. The van der Waals surface area contributed by atoms with Crippen LogP contribution in [0.5, 0.6) is 5.75 Å². The smallest absolute Gasteiger partial charge is 0.323 e. The molecular formula is C35H45ClN4O7S. The second-order valence-corrected chi connectivity index (χ2v) is 14.7. The molecule has 3 aromatic carbocycles. The lowest BCUT2D eigenvalue weighted by molar-refractivity contribution is -0.00833. The minimum atomic E-state index is -3.85. The first-order chi connectivity index (χ1) is 22.9. The van der Waals surface area contributed by atoms with Gasteiger partial charge in [-0.15, -0.1) is 0 Å². The van der Waals surface area contributed by atoms with E-state index >= 15 is 0 Å². The Morgan fingerprint density at radius 2 is 1.73 bits per heavy atom. The first-order valence-electron chi connectivity index (χ1n) is 16.1. The predicted octanol–water partition coefficient (Wildman–Crippen LogP) is 6.10. The molecule has 0 unspecified atom stereocenters. The predicted molar refractivity (Wildman–Crippen MR) is 187 cm³/mol. The number of rotatable bonds is 8. The molecule has 0 fully saturated rings. The molecule has 13 heteroatoms. The van der Waals surface area contributed by atoms with E-state index in [2.05, 4.69) is 10.6 Å². The molecule has 0 radical (unpaired) electrons. The number of nitrogens with zero attached hydrogens (tertiary/aromatic N) is 2. The number of urea groups is 1. The van der Waals surface area contributed by atoms with Crippen LogP contribution in [-0.2, 0) is 14.8 Å².